The smallest absolute Gasteiger partial charge is 0.149 e. The van der Waals surface area contributed by atoms with Crippen LogP contribution in [-0.4, -0.2) is 12.1 Å². The van der Waals surface area contributed by atoms with Crippen LogP contribution in [0.1, 0.15) is 5.56 Å². The molecule has 0 aliphatic rings. The van der Waals surface area contributed by atoms with Gasteiger partial charge in [-0.25, -0.2) is 9.37 Å². The van der Waals surface area contributed by atoms with Gasteiger partial charge in [-0.3, -0.25) is 0 Å². The second kappa shape index (κ2) is 2.96. The Balaban J connectivity index is 2.88. The molecule has 0 atom stereocenters. The van der Waals surface area contributed by atoms with Crippen LogP contribution >= 0.6 is 11.3 Å². The molecule has 2 aromatic rings. The molecule has 1 aromatic heterocycles. The van der Waals surface area contributed by atoms with Crippen molar-refractivity contribution in [2.45, 2.75) is 6.92 Å². The summed E-state index contributed by atoms with van der Waals surface area (Å²) in [4.78, 5) is 4.06. The molecule has 0 fully saturated rings. The van der Waals surface area contributed by atoms with Crippen molar-refractivity contribution in [1.29, 1.82) is 0 Å². The van der Waals surface area contributed by atoms with Gasteiger partial charge >= 0.3 is 0 Å². The van der Waals surface area contributed by atoms with Gasteiger partial charge in [0, 0.05) is 0 Å². The minimum absolute atomic E-state index is 0.226. The fraction of sp³-hybridized carbons (Fsp3) is 0.222. The zero-order chi connectivity index (χ0) is 9.42. The van der Waals surface area contributed by atoms with Crippen LogP contribution < -0.4 is 4.74 Å². The third-order valence-electron chi connectivity index (χ3n) is 1.90. The van der Waals surface area contributed by atoms with Gasteiger partial charge in [-0.1, -0.05) is 0 Å². The molecule has 0 bridgehead atoms. The fourth-order valence-corrected chi connectivity index (χ4v) is 2.04. The zero-order valence-electron chi connectivity index (χ0n) is 7.30. The summed E-state index contributed by atoms with van der Waals surface area (Å²) >= 11 is 1.29. The molecule has 2 rings (SSSR count). The van der Waals surface area contributed by atoms with Gasteiger partial charge in [-0.2, -0.15) is 0 Å². The molecule has 0 aliphatic carbocycles. The standard InChI is InChI=1S/C9H8FNOS/c1-5-3-6(10)9-7(8(5)12-2)11-4-13-9/h3-4H,1-2H3. The van der Waals surface area contributed by atoms with E-state index < -0.39 is 0 Å². The van der Waals surface area contributed by atoms with Gasteiger partial charge in [0.2, 0.25) is 0 Å². The van der Waals surface area contributed by atoms with E-state index in [2.05, 4.69) is 4.98 Å². The number of halogens is 1. The highest BCUT2D eigenvalue weighted by atomic mass is 32.1. The molecular formula is C9H8FNOS. The number of benzene rings is 1. The lowest BCUT2D eigenvalue weighted by Gasteiger charge is -2.04. The largest absolute Gasteiger partial charge is 0.494 e. The lowest BCUT2D eigenvalue weighted by molar-refractivity contribution is 0.415. The van der Waals surface area contributed by atoms with Crippen molar-refractivity contribution in [2.24, 2.45) is 0 Å². The maximum Gasteiger partial charge on any atom is 0.149 e. The molecule has 1 aromatic carbocycles. The van der Waals surface area contributed by atoms with Crippen LogP contribution in [0.3, 0.4) is 0 Å². The lowest BCUT2D eigenvalue weighted by Crippen LogP contribution is -1.90. The van der Waals surface area contributed by atoms with Gasteiger partial charge < -0.3 is 4.74 Å². The number of fused-ring (bicyclic) bond motifs is 1. The molecule has 0 saturated carbocycles. The minimum atomic E-state index is -0.226. The van der Waals surface area contributed by atoms with Crippen molar-refractivity contribution in [2.75, 3.05) is 7.11 Å². The maximum absolute atomic E-state index is 13.3. The Bertz CT molecular complexity index is 452. The van der Waals surface area contributed by atoms with E-state index in [0.717, 1.165) is 5.56 Å². The summed E-state index contributed by atoms with van der Waals surface area (Å²) in [6.07, 6.45) is 0. The van der Waals surface area contributed by atoms with Crippen LogP contribution in [0, 0.1) is 12.7 Å². The predicted molar refractivity (Wildman–Crippen MR) is 50.9 cm³/mol. The zero-order valence-corrected chi connectivity index (χ0v) is 8.11. The van der Waals surface area contributed by atoms with Crippen molar-refractivity contribution in [1.82, 2.24) is 4.98 Å². The minimum Gasteiger partial charge on any atom is -0.494 e. The molecule has 13 heavy (non-hydrogen) atoms. The number of nitrogens with zero attached hydrogens (tertiary/aromatic N) is 1. The van der Waals surface area contributed by atoms with Gasteiger partial charge in [0.1, 0.15) is 17.1 Å². The molecule has 68 valence electrons. The van der Waals surface area contributed by atoms with E-state index in [1.165, 1.54) is 17.4 Å². The summed E-state index contributed by atoms with van der Waals surface area (Å²) in [5.41, 5.74) is 3.01. The van der Waals surface area contributed by atoms with Crippen LogP contribution in [-0.2, 0) is 0 Å². The van der Waals surface area contributed by atoms with E-state index in [1.807, 2.05) is 0 Å². The van der Waals surface area contributed by atoms with Crippen molar-refractivity contribution in [3.05, 3.63) is 23.0 Å². The molecule has 4 heteroatoms. The van der Waals surface area contributed by atoms with E-state index in [1.54, 1.807) is 19.5 Å². The molecule has 2 nitrogen and oxygen atoms in total. The normalized spacial score (nSPS) is 10.7. The summed E-state index contributed by atoms with van der Waals surface area (Å²) < 4.78 is 19.0. The molecule has 0 spiro atoms. The highest BCUT2D eigenvalue weighted by Crippen LogP contribution is 2.32. The van der Waals surface area contributed by atoms with Crippen LogP contribution in [0.4, 0.5) is 4.39 Å². The predicted octanol–water partition coefficient (Wildman–Crippen LogP) is 2.75. The second-order valence-corrected chi connectivity index (χ2v) is 3.59. The summed E-state index contributed by atoms with van der Waals surface area (Å²) in [6, 6.07) is 1.47. The van der Waals surface area contributed by atoms with Gasteiger partial charge in [0.05, 0.1) is 17.3 Å². The molecule has 0 N–H and O–H groups in total. The highest BCUT2D eigenvalue weighted by molar-refractivity contribution is 7.16. The van der Waals surface area contributed by atoms with Gasteiger partial charge in [0.15, 0.2) is 0 Å². The van der Waals surface area contributed by atoms with Gasteiger partial charge in [-0.05, 0) is 18.6 Å². The SMILES string of the molecule is COc1c(C)cc(F)c2scnc12. The molecule has 0 unspecified atom stereocenters. The first-order valence-corrected chi connectivity index (χ1v) is 4.68. The topological polar surface area (TPSA) is 22.1 Å². The summed E-state index contributed by atoms with van der Waals surface area (Å²) in [5.74, 6) is 0.438. The van der Waals surface area contributed by atoms with Crippen LogP contribution in [0.5, 0.6) is 5.75 Å². The maximum atomic E-state index is 13.3. The average molecular weight is 197 g/mol. The Morgan fingerprint density at radius 1 is 1.54 bits per heavy atom. The second-order valence-electron chi connectivity index (χ2n) is 2.74. The first-order chi connectivity index (χ1) is 6.24. The Labute approximate surface area is 79.0 Å². The molecule has 1 heterocycles. The van der Waals surface area contributed by atoms with Crippen LogP contribution in [0.25, 0.3) is 10.2 Å². The summed E-state index contributed by atoms with van der Waals surface area (Å²) in [5, 5.41) is 0. The van der Waals surface area contributed by atoms with Gasteiger partial charge in [-0.15, -0.1) is 11.3 Å². The Hall–Kier alpha value is -1.16. The molecule has 0 aliphatic heterocycles. The monoisotopic (exact) mass is 197 g/mol. The van der Waals surface area contributed by atoms with Crippen molar-refractivity contribution in [3.63, 3.8) is 0 Å². The Kier molecular flexibility index (Phi) is 1.92. The van der Waals surface area contributed by atoms with E-state index >= 15 is 0 Å². The van der Waals surface area contributed by atoms with Crippen LogP contribution in [0.15, 0.2) is 11.6 Å². The Morgan fingerprint density at radius 3 is 3.00 bits per heavy atom. The first kappa shape index (κ1) is 8.44. The number of rotatable bonds is 1. The Morgan fingerprint density at radius 2 is 2.31 bits per heavy atom. The lowest BCUT2D eigenvalue weighted by atomic mass is 10.2. The number of aryl methyl sites for hydroxylation is 1. The van der Waals surface area contributed by atoms with Gasteiger partial charge in [0.25, 0.3) is 0 Å². The van der Waals surface area contributed by atoms with E-state index in [4.69, 9.17) is 4.74 Å². The van der Waals surface area contributed by atoms with E-state index in [9.17, 15) is 4.39 Å². The number of methoxy groups -OCH3 is 1. The molecule has 0 radical (unpaired) electrons. The number of thiazole rings is 1. The van der Waals surface area contributed by atoms with Crippen molar-refractivity contribution in [3.8, 4) is 5.75 Å². The first-order valence-electron chi connectivity index (χ1n) is 3.80. The van der Waals surface area contributed by atoms with E-state index in [0.29, 0.717) is 16.0 Å². The van der Waals surface area contributed by atoms with Crippen molar-refractivity contribution >= 4 is 21.6 Å². The average Bonchev–Trinajstić information content (AvgIpc) is 2.53. The number of hydrogen-bond donors (Lipinski definition) is 0. The number of ether oxygens (including phenoxy) is 1. The molecule has 0 amide bonds. The quantitative estimate of drug-likeness (QED) is 0.701. The fourth-order valence-electron chi connectivity index (χ4n) is 1.34. The highest BCUT2D eigenvalue weighted by Gasteiger charge is 2.11. The molecule has 0 saturated heterocycles. The number of aromatic nitrogens is 1. The summed E-state index contributed by atoms with van der Waals surface area (Å²) in [6.45, 7) is 1.81. The third-order valence-corrected chi connectivity index (χ3v) is 2.74. The van der Waals surface area contributed by atoms with Crippen molar-refractivity contribution < 1.29 is 9.13 Å². The third kappa shape index (κ3) is 1.18. The van der Waals surface area contributed by atoms with Crippen LogP contribution in [0.2, 0.25) is 0 Å². The number of hydrogen-bond acceptors (Lipinski definition) is 3. The van der Waals surface area contributed by atoms with E-state index in [-0.39, 0.29) is 5.82 Å². The summed E-state index contributed by atoms with van der Waals surface area (Å²) in [7, 11) is 1.57. The molecular weight excluding hydrogens is 189 g/mol.